The fraction of sp³-hybridized carbons (Fsp3) is 0.391. The summed E-state index contributed by atoms with van der Waals surface area (Å²) >= 11 is 1.11. The Labute approximate surface area is 193 Å². The van der Waals surface area contributed by atoms with Crippen LogP contribution in [0.15, 0.2) is 52.4 Å². The Balaban J connectivity index is 1.74. The highest BCUT2D eigenvalue weighted by atomic mass is 32.2. The molecule has 4 rings (SSSR count). The summed E-state index contributed by atoms with van der Waals surface area (Å²) < 4.78 is 27.4. The summed E-state index contributed by atoms with van der Waals surface area (Å²) in [7, 11) is 0. The summed E-state index contributed by atoms with van der Waals surface area (Å²) in [4.78, 5) is 0.886. The number of aromatic hydroxyl groups is 1. The highest BCUT2D eigenvalue weighted by molar-refractivity contribution is 7.99. The Hall–Kier alpha value is -2.34. The highest BCUT2D eigenvalue weighted by Gasteiger charge is 2.44. The van der Waals surface area contributed by atoms with E-state index in [4.69, 9.17) is 9.47 Å². The number of hydrogen-bond donors (Lipinski definition) is 5. The summed E-state index contributed by atoms with van der Waals surface area (Å²) in [6.07, 6.45) is -5.48. The lowest BCUT2D eigenvalue weighted by Crippen LogP contribution is -2.56. The second kappa shape index (κ2) is 9.49. The number of halogens is 1. The molecule has 0 saturated carbocycles. The topological polar surface area (TPSA) is 125 Å². The number of aliphatic hydroxyl groups is 4. The molecule has 3 aromatic rings. The number of aromatic nitrogens is 1. The first-order valence-electron chi connectivity index (χ1n) is 10.5. The van der Waals surface area contributed by atoms with E-state index >= 15 is 0 Å². The molecule has 5 N–H and O–H groups in total. The van der Waals surface area contributed by atoms with Crippen LogP contribution in [-0.4, -0.2) is 67.2 Å². The van der Waals surface area contributed by atoms with Crippen molar-refractivity contribution in [3.05, 3.63) is 48.4 Å². The summed E-state index contributed by atoms with van der Waals surface area (Å²) in [5, 5.41) is 51.5. The molecule has 2 heterocycles. The number of ether oxygens (including phenoxy) is 2. The van der Waals surface area contributed by atoms with Crippen molar-refractivity contribution in [2.24, 2.45) is 0 Å². The maximum atomic E-state index is 14.8. The SMILES string of the molecule is CC(C)Oc1ccc(Sc2cn([C@@H]3O[C@H](CO)[C@@H](O)[C@H](O)[C@H]3O)c3c(O)cccc23)c(F)c1. The summed E-state index contributed by atoms with van der Waals surface area (Å²) in [6.45, 7) is 3.12. The van der Waals surface area contributed by atoms with Gasteiger partial charge in [-0.3, -0.25) is 0 Å². The molecule has 0 radical (unpaired) electrons. The lowest BCUT2D eigenvalue weighted by atomic mass is 9.98. The molecule has 178 valence electrons. The first-order chi connectivity index (χ1) is 15.7. The van der Waals surface area contributed by atoms with Gasteiger partial charge in [-0.2, -0.15) is 0 Å². The predicted molar refractivity (Wildman–Crippen MR) is 119 cm³/mol. The van der Waals surface area contributed by atoms with Gasteiger partial charge in [0.1, 0.15) is 41.7 Å². The van der Waals surface area contributed by atoms with Gasteiger partial charge < -0.3 is 39.6 Å². The van der Waals surface area contributed by atoms with E-state index in [9.17, 15) is 29.9 Å². The number of hydrogen-bond acceptors (Lipinski definition) is 8. The van der Waals surface area contributed by atoms with Gasteiger partial charge in [-0.1, -0.05) is 23.9 Å². The van der Waals surface area contributed by atoms with Gasteiger partial charge in [0.15, 0.2) is 6.23 Å². The largest absolute Gasteiger partial charge is 0.506 e. The van der Waals surface area contributed by atoms with E-state index in [0.717, 1.165) is 11.8 Å². The van der Waals surface area contributed by atoms with Crippen molar-refractivity contribution in [1.82, 2.24) is 4.57 Å². The van der Waals surface area contributed by atoms with Crippen molar-refractivity contribution in [3.63, 3.8) is 0 Å². The Morgan fingerprint density at radius 1 is 1.09 bits per heavy atom. The van der Waals surface area contributed by atoms with Gasteiger partial charge in [-0.05, 0) is 32.0 Å². The van der Waals surface area contributed by atoms with Crippen molar-refractivity contribution < 1.29 is 39.4 Å². The smallest absolute Gasteiger partial charge is 0.163 e. The quantitative estimate of drug-likeness (QED) is 0.365. The van der Waals surface area contributed by atoms with Crippen molar-refractivity contribution in [2.45, 2.75) is 60.4 Å². The fourth-order valence-electron chi connectivity index (χ4n) is 3.88. The molecule has 0 amide bonds. The molecule has 0 spiro atoms. The van der Waals surface area contributed by atoms with Crippen molar-refractivity contribution in [3.8, 4) is 11.5 Å². The summed E-state index contributed by atoms with van der Waals surface area (Å²) in [6, 6.07) is 9.38. The fourth-order valence-corrected chi connectivity index (χ4v) is 4.85. The predicted octanol–water partition coefficient (Wildman–Crippen LogP) is 2.40. The number of nitrogens with zero attached hydrogens (tertiary/aromatic N) is 1. The van der Waals surface area contributed by atoms with Crippen LogP contribution in [0.4, 0.5) is 4.39 Å². The third-order valence-corrected chi connectivity index (χ3v) is 6.53. The van der Waals surface area contributed by atoms with Gasteiger partial charge in [0, 0.05) is 27.4 Å². The Bertz CT molecular complexity index is 1140. The monoisotopic (exact) mass is 479 g/mol. The van der Waals surface area contributed by atoms with Gasteiger partial charge in [-0.25, -0.2) is 4.39 Å². The first kappa shape index (κ1) is 23.8. The van der Waals surface area contributed by atoms with Gasteiger partial charge in [0.05, 0.1) is 18.2 Å². The second-order valence-corrected chi connectivity index (χ2v) is 9.24. The molecule has 1 aromatic heterocycles. The Morgan fingerprint density at radius 3 is 2.52 bits per heavy atom. The van der Waals surface area contributed by atoms with Crippen LogP contribution in [0.5, 0.6) is 11.5 Å². The van der Waals surface area contributed by atoms with Crippen molar-refractivity contribution >= 4 is 22.7 Å². The number of rotatable bonds is 6. The van der Waals surface area contributed by atoms with Crippen LogP contribution in [0.2, 0.25) is 0 Å². The molecule has 33 heavy (non-hydrogen) atoms. The minimum Gasteiger partial charge on any atom is -0.506 e. The van der Waals surface area contributed by atoms with E-state index in [0.29, 0.717) is 26.4 Å². The molecule has 2 aromatic carbocycles. The molecule has 0 bridgehead atoms. The van der Waals surface area contributed by atoms with Crippen LogP contribution in [0.1, 0.15) is 20.1 Å². The third kappa shape index (κ3) is 4.54. The number of para-hydroxylation sites is 1. The number of benzene rings is 2. The standard InChI is InChI=1S/C23H26FNO7S/c1-11(2)31-12-6-7-17(14(24)8-12)33-18-9-25(19-13(18)4-3-5-15(19)27)23-22(30)21(29)20(28)16(10-26)32-23/h3-9,11,16,20-23,26-30H,10H2,1-2H3/t16-,20-,21+,22-,23-/m1/s1. The molecule has 1 fully saturated rings. The summed E-state index contributed by atoms with van der Waals surface area (Å²) in [5.74, 6) is -0.183. The lowest BCUT2D eigenvalue weighted by molar-refractivity contribution is -0.250. The lowest BCUT2D eigenvalue weighted by Gasteiger charge is -2.40. The minimum atomic E-state index is -1.58. The maximum Gasteiger partial charge on any atom is 0.163 e. The second-order valence-electron chi connectivity index (χ2n) is 8.15. The number of aliphatic hydroxyl groups excluding tert-OH is 4. The Morgan fingerprint density at radius 2 is 1.85 bits per heavy atom. The van der Waals surface area contributed by atoms with Crippen LogP contribution >= 0.6 is 11.8 Å². The highest BCUT2D eigenvalue weighted by Crippen LogP contribution is 2.42. The molecule has 8 nitrogen and oxygen atoms in total. The average molecular weight is 480 g/mol. The van der Waals surface area contributed by atoms with Crippen LogP contribution < -0.4 is 4.74 Å². The minimum absolute atomic E-state index is 0.0950. The number of fused-ring (bicyclic) bond motifs is 1. The third-order valence-electron chi connectivity index (χ3n) is 5.43. The number of phenols is 1. The average Bonchev–Trinajstić information content (AvgIpc) is 3.13. The van der Waals surface area contributed by atoms with Crippen LogP contribution in [0.25, 0.3) is 10.9 Å². The van der Waals surface area contributed by atoms with Gasteiger partial charge in [-0.15, -0.1) is 0 Å². The maximum absolute atomic E-state index is 14.8. The molecule has 10 heteroatoms. The molecule has 1 aliphatic rings. The van der Waals surface area contributed by atoms with Crippen molar-refractivity contribution in [1.29, 1.82) is 0 Å². The van der Waals surface area contributed by atoms with E-state index in [1.165, 1.54) is 16.7 Å². The van der Waals surface area contributed by atoms with E-state index in [-0.39, 0.29) is 11.9 Å². The molecule has 5 atom stereocenters. The molecular weight excluding hydrogens is 453 g/mol. The number of phenolic OH excluding ortho intramolecular Hbond substituents is 1. The molecule has 1 saturated heterocycles. The van der Waals surface area contributed by atoms with Gasteiger partial charge in [0.25, 0.3) is 0 Å². The summed E-state index contributed by atoms with van der Waals surface area (Å²) in [5.41, 5.74) is 0.296. The van der Waals surface area contributed by atoms with Gasteiger partial charge >= 0.3 is 0 Å². The normalized spacial score (nSPS) is 25.6. The van der Waals surface area contributed by atoms with E-state index in [1.54, 1.807) is 30.5 Å². The van der Waals surface area contributed by atoms with Crippen LogP contribution in [0, 0.1) is 5.82 Å². The van der Waals surface area contributed by atoms with Crippen molar-refractivity contribution in [2.75, 3.05) is 6.61 Å². The molecular formula is C23H26FNO7S. The molecule has 0 aliphatic carbocycles. The van der Waals surface area contributed by atoms with Crippen LogP contribution in [-0.2, 0) is 4.74 Å². The van der Waals surface area contributed by atoms with Crippen LogP contribution in [0.3, 0.4) is 0 Å². The van der Waals surface area contributed by atoms with E-state index in [1.807, 2.05) is 13.8 Å². The zero-order valence-corrected chi connectivity index (χ0v) is 18.8. The van der Waals surface area contributed by atoms with E-state index < -0.39 is 43.1 Å². The first-order valence-corrected chi connectivity index (χ1v) is 11.3. The zero-order valence-electron chi connectivity index (χ0n) is 18.0. The zero-order chi connectivity index (χ0) is 23.9. The molecule has 1 aliphatic heterocycles. The Kier molecular flexibility index (Phi) is 6.85. The molecule has 0 unspecified atom stereocenters. The van der Waals surface area contributed by atoms with Gasteiger partial charge in [0.2, 0.25) is 0 Å². The van der Waals surface area contributed by atoms with E-state index in [2.05, 4.69) is 0 Å².